The molecule has 0 fully saturated rings. The van der Waals surface area contributed by atoms with Gasteiger partial charge in [0.25, 0.3) is 0 Å². The minimum absolute atomic E-state index is 0.386. The average molecular weight is 1170 g/mol. The number of aromatic nitrogens is 10. The van der Waals surface area contributed by atoms with Crippen molar-refractivity contribution in [3.63, 3.8) is 0 Å². The summed E-state index contributed by atoms with van der Waals surface area (Å²) in [6, 6.07) is 85.3. The van der Waals surface area contributed by atoms with Crippen LogP contribution in [0.1, 0.15) is 0 Å². The molecule has 0 N–H and O–H groups in total. The Hall–Kier alpha value is -12.5. The molecule has 0 aliphatic rings. The molecule has 18 aromatic rings. The van der Waals surface area contributed by atoms with Gasteiger partial charge in [-0.15, -0.1) is 0 Å². The van der Waals surface area contributed by atoms with Crippen LogP contribution < -0.4 is 0 Å². The van der Waals surface area contributed by atoms with Crippen LogP contribution in [0.15, 0.2) is 298 Å². The van der Waals surface area contributed by atoms with Crippen LogP contribution in [0.4, 0.5) is 4.39 Å². The van der Waals surface area contributed by atoms with Gasteiger partial charge in [0.1, 0.15) is 17.5 Å². The minimum Gasteiger partial charge on any atom is -0.294 e. The maximum atomic E-state index is 14.4. The highest BCUT2D eigenvalue weighted by atomic mass is 19.1. The number of hydrogen-bond acceptors (Lipinski definition) is 8. The summed E-state index contributed by atoms with van der Waals surface area (Å²) in [7, 11) is 0. The van der Waals surface area contributed by atoms with E-state index in [0.717, 1.165) is 117 Å². The number of pyridine rings is 8. The van der Waals surface area contributed by atoms with Crippen molar-refractivity contribution >= 4 is 86.8 Å². The lowest BCUT2D eigenvalue weighted by Gasteiger charge is -2.12. The van der Waals surface area contributed by atoms with E-state index in [2.05, 4.69) is 200 Å². The molecule has 0 bridgehead atoms. The molecule has 0 amide bonds. The summed E-state index contributed by atoms with van der Waals surface area (Å²) in [5, 5.41) is 13.0. The zero-order valence-corrected chi connectivity index (χ0v) is 48.6. The van der Waals surface area contributed by atoms with Gasteiger partial charge in [-0.1, -0.05) is 140 Å². The van der Waals surface area contributed by atoms with Gasteiger partial charge in [0.15, 0.2) is 0 Å². The lowest BCUT2D eigenvalue weighted by atomic mass is 9.97. The molecule has 426 valence electrons. The molecule has 0 atom stereocenters. The summed E-state index contributed by atoms with van der Waals surface area (Å²) in [5.41, 5.74) is 15.8. The molecular formula is C80H49FN10. The maximum absolute atomic E-state index is 14.4. The highest BCUT2D eigenvalue weighted by molar-refractivity contribution is 6.11. The fraction of sp³-hybridized carbons (Fsp3) is 0. The quantitative estimate of drug-likeness (QED) is 0.138. The van der Waals surface area contributed by atoms with E-state index in [1.165, 1.54) is 50.0 Å². The van der Waals surface area contributed by atoms with Crippen molar-refractivity contribution in [2.75, 3.05) is 0 Å². The zero-order chi connectivity index (χ0) is 60.4. The van der Waals surface area contributed by atoms with Gasteiger partial charge < -0.3 is 0 Å². The summed E-state index contributed by atoms with van der Waals surface area (Å²) in [6.07, 6.45) is 14.2. The van der Waals surface area contributed by atoms with Gasteiger partial charge >= 0.3 is 0 Å². The van der Waals surface area contributed by atoms with Gasteiger partial charge in [0.05, 0.1) is 62.2 Å². The van der Waals surface area contributed by atoms with E-state index in [9.17, 15) is 4.39 Å². The Labute approximate surface area is 520 Å². The van der Waals surface area contributed by atoms with Crippen LogP contribution in [0.3, 0.4) is 0 Å². The first-order chi connectivity index (χ1) is 45.0. The molecule has 11 heteroatoms. The zero-order valence-electron chi connectivity index (χ0n) is 48.6. The molecule has 0 aliphatic carbocycles. The standard InChI is InChI=1S/C40H24FN5.C40H25N5/c41-31-22-38-40(44-24-31)34-7-3-4-8-37(34)46(38)39-14-12-29(23-43-39)30-20-35(26-15-17-42-18-16-26)45-36(21-30)28-11-13-33-27(19-28)10-9-25-5-1-2-6-32(25)33;1-2-8-31-26(7-1)12-13-27-21-28(14-16-32(27)31)36-22-30(23-37(44-36)35-10-5-6-19-42-35)29-15-17-40(43-24-29)45-38-11-4-3-9-33(38)34-25-41-20-18-39(34)45/h1-24H;1-25H. The molecule has 0 saturated heterocycles. The van der Waals surface area contributed by atoms with Gasteiger partial charge in [-0.25, -0.2) is 24.3 Å². The summed E-state index contributed by atoms with van der Waals surface area (Å²) in [6.45, 7) is 0. The van der Waals surface area contributed by atoms with E-state index in [1.54, 1.807) is 12.4 Å². The van der Waals surface area contributed by atoms with Gasteiger partial charge in [-0.2, -0.15) is 0 Å². The van der Waals surface area contributed by atoms with Gasteiger partial charge in [0, 0.05) is 93.4 Å². The second kappa shape index (κ2) is 22.0. The van der Waals surface area contributed by atoms with E-state index >= 15 is 0 Å². The predicted octanol–water partition coefficient (Wildman–Crippen LogP) is 19.5. The first-order valence-electron chi connectivity index (χ1n) is 30.0. The molecule has 0 aliphatic heterocycles. The van der Waals surface area contributed by atoms with Crippen LogP contribution in [-0.4, -0.2) is 49.0 Å². The molecule has 10 heterocycles. The fourth-order valence-electron chi connectivity index (χ4n) is 12.8. The monoisotopic (exact) mass is 1170 g/mol. The van der Waals surface area contributed by atoms with Crippen molar-refractivity contribution in [2.45, 2.75) is 0 Å². The SMILES string of the molecule is Fc1cnc2c3ccccc3n(-c3ccc(-c4cc(-c5ccncc5)nc(-c5ccc6c(ccc7ccccc76)c5)c4)cn3)c2c1.c1ccc(-c2cc(-c3ccc(-n4c5ccccc5c5cnccc54)nc3)cc(-c3ccc4c(ccc5ccccc54)c3)n2)nc1. The van der Waals surface area contributed by atoms with E-state index in [4.69, 9.17) is 19.9 Å². The number of nitrogens with zero attached hydrogens (tertiary/aromatic N) is 10. The van der Waals surface area contributed by atoms with Crippen LogP contribution in [0.25, 0.3) is 166 Å². The number of halogens is 1. The summed E-state index contributed by atoms with van der Waals surface area (Å²) in [4.78, 5) is 37.7. The van der Waals surface area contributed by atoms with Gasteiger partial charge in [-0.3, -0.25) is 29.1 Å². The minimum atomic E-state index is -0.386. The molecule has 0 unspecified atom stereocenters. The highest BCUT2D eigenvalue weighted by Gasteiger charge is 2.19. The van der Waals surface area contributed by atoms with Crippen LogP contribution in [-0.2, 0) is 0 Å². The van der Waals surface area contributed by atoms with Crippen molar-refractivity contribution in [3.05, 3.63) is 304 Å². The molecule has 91 heavy (non-hydrogen) atoms. The largest absolute Gasteiger partial charge is 0.294 e. The maximum Gasteiger partial charge on any atom is 0.143 e. The number of rotatable bonds is 8. The smallest absolute Gasteiger partial charge is 0.143 e. The van der Waals surface area contributed by atoms with Crippen molar-refractivity contribution in [3.8, 4) is 79.0 Å². The van der Waals surface area contributed by atoms with E-state index in [1.807, 2.05) is 102 Å². The number of hydrogen-bond donors (Lipinski definition) is 0. The fourth-order valence-corrected chi connectivity index (χ4v) is 12.8. The Bertz CT molecular complexity index is 5800. The van der Waals surface area contributed by atoms with Crippen molar-refractivity contribution in [1.29, 1.82) is 0 Å². The van der Waals surface area contributed by atoms with Crippen LogP contribution in [0.5, 0.6) is 0 Å². The molecule has 0 saturated carbocycles. The molecular weight excluding hydrogens is 1120 g/mol. The third kappa shape index (κ3) is 9.52. The second-order valence-electron chi connectivity index (χ2n) is 22.6. The Morgan fingerprint density at radius 3 is 1.36 bits per heavy atom. The molecule has 18 rings (SSSR count). The van der Waals surface area contributed by atoms with Gasteiger partial charge in [-0.05, 0) is 157 Å². The van der Waals surface area contributed by atoms with Crippen LogP contribution in [0, 0.1) is 5.82 Å². The Morgan fingerprint density at radius 1 is 0.253 bits per heavy atom. The van der Waals surface area contributed by atoms with E-state index in [0.29, 0.717) is 11.3 Å². The lowest BCUT2D eigenvalue weighted by Crippen LogP contribution is -1.98. The summed E-state index contributed by atoms with van der Waals surface area (Å²) >= 11 is 0. The predicted molar refractivity (Wildman–Crippen MR) is 367 cm³/mol. The normalized spacial score (nSPS) is 11.6. The number of benzene rings is 8. The number of para-hydroxylation sites is 2. The molecule has 10 aromatic heterocycles. The second-order valence-corrected chi connectivity index (χ2v) is 22.6. The van der Waals surface area contributed by atoms with Crippen LogP contribution in [0.2, 0.25) is 0 Å². The van der Waals surface area contributed by atoms with Crippen molar-refractivity contribution < 1.29 is 4.39 Å². The third-order valence-electron chi connectivity index (χ3n) is 17.2. The third-order valence-corrected chi connectivity index (χ3v) is 17.2. The Kier molecular flexibility index (Phi) is 12.8. The first kappa shape index (κ1) is 52.8. The highest BCUT2D eigenvalue weighted by Crippen LogP contribution is 2.38. The summed E-state index contributed by atoms with van der Waals surface area (Å²) < 4.78 is 18.5. The summed E-state index contributed by atoms with van der Waals surface area (Å²) in [5.74, 6) is 1.16. The Balaban J connectivity index is 0.000000140. The molecule has 8 aromatic carbocycles. The average Bonchev–Trinajstić information content (AvgIpc) is 1.61. The topological polar surface area (TPSA) is 113 Å². The molecule has 0 spiro atoms. The van der Waals surface area contributed by atoms with Crippen molar-refractivity contribution in [2.24, 2.45) is 0 Å². The molecule has 10 nitrogen and oxygen atoms in total. The van der Waals surface area contributed by atoms with E-state index < -0.39 is 0 Å². The molecule has 0 radical (unpaired) electrons. The number of fused-ring (bicyclic) bond motifs is 12. The first-order valence-corrected chi connectivity index (χ1v) is 30.0. The lowest BCUT2D eigenvalue weighted by molar-refractivity contribution is 0.623. The Morgan fingerprint density at radius 2 is 0.747 bits per heavy atom. The van der Waals surface area contributed by atoms with Gasteiger partial charge in [0.2, 0.25) is 0 Å². The van der Waals surface area contributed by atoms with Crippen LogP contribution >= 0.6 is 0 Å². The van der Waals surface area contributed by atoms with E-state index in [-0.39, 0.29) is 5.82 Å². The van der Waals surface area contributed by atoms with Crippen molar-refractivity contribution in [1.82, 2.24) is 49.0 Å².